The van der Waals surface area contributed by atoms with Crippen molar-refractivity contribution in [3.8, 4) is 0 Å². The summed E-state index contributed by atoms with van der Waals surface area (Å²) in [6.45, 7) is 1.06. The van der Waals surface area contributed by atoms with Crippen LogP contribution in [0, 0.1) is 5.92 Å². The van der Waals surface area contributed by atoms with Crippen LogP contribution in [-0.2, 0) is 0 Å². The molecule has 0 spiro atoms. The number of hydrogen-bond acceptors (Lipinski definition) is 4. The number of hydrogen-bond donors (Lipinski definition) is 1. The molecule has 0 radical (unpaired) electrons. The molecule has 4 nitrogen and oxygen atoms in total. The third kappa shape index (κ3) is 3.12. The average Bonchev–Trinajstić information content (AvgIpc) is 2.82. The maximum atomic E-state index is 5.49. The molecule has 0 aromatic carbocycles. The van der Waals surface area contributed by atoms with Gasteiger partial charge in [-0.15, -0.1) is 0 Å². The van der Waals surface area contributed by atoms with Gasteiger partial charge in [-0.2, -0.15) is 0 Å². The van der Waals surface area contributed by atoms with Crippen LogP contribution < -0.4 is 10.6 Å². The zero-order chi connectivity index (χ0) is 12.3. The van der Waals surface area contributed by atoms with E-state index < -0.39 is 0 Å². The lowest BCUT2D eigenvalue weighted by atomic mass is 10.1. The van der Waals surface area contributed by atoms with Crippen molar-refractivity contribution in [2.45, 2.75) is 25.7 Å². The van der Waals surface area contributed by atoms with E-state index in [1.165, 1.54) is 25.7 Å². The Bertz CT molecular complexity index is 384. The lowest BCUT2D eigenvalue weighted by Crippen LogP contribution is -2.25. The second-order valence-electron chi connectivity index (χ2n) is 4.66. The molecule has 1 aliphatic rings. The molecule has 0 saturated heterocycles. The van der Waals surface area contributed by atoms with Crippen LogP contribution in [-0.4, -0.2) is 28.5 Å². The van der Waals surface area contributed by atoms with Crippen molar-refractivity contribution in [3.63, 3.8) is 0 Å². The van der Waals surface area contributed by atoms with Gasteiger partial charge in [-0.05, 0) is 18.8 Å². The van der Waals surface area contributed by atoms with Gasteiger partial charge in [-0.25, -0.2) is 9.97 Å². The van der Waals surface area contributed by atoms with Gasteiger partial charge in [-0.1, -0.05) is 25.1 Å². The summed E-state index contributed by atoms with van der Waals surface area (Å²) in [7, 11) is 2.06. The van der Waals surface area contributed by atoms with Crippen LogP contribution >= 0.6 is 12.2 Å². The van der Waals surface area contributed by atoms with Gasteiger partial charge in [0.25, 0.3) is 0 Å². The first-order valence-electron chi connectivity index (χ1n) is 6.00. The van der Waals surface area contributed by atoms with E-state index in [1.807, 2.05) is 0 Å². The fourth-order valence-corrected chi connectivity index (χ4v) is 2.42. The molecule has 17 heavy (non-hydrogen) atoms. The smallest absolute Gasteiger partial charge is 0.146 e. The van der Waals surface area contributed by atoms with E-state index in [2.05, 4.69) is 21.9 Å². The van der Waals surface area contributed by atoms with Crippen molar-refractivity contribution < 1.29 is 0 Å². The standard InChI is InChI=1S/C12H18N4S/c1-16(8-9-4-2-3-5-9)11-7-14-10(6-15-11)12(13)17/h6-7,9H,2-5,8H2,1H3,(H2,13,17). The van der Waals surface area contributed by atoms with Crippen LogP contribution in [0.2, 0.25) is 0 Å². The molecule has 92 valence electrons. The number of nitrogens with zero attached hydrogens (tertiary/aromatic N) is 3. The van der Waals surface area contributed by atoms with E-state index in [9.17, 15) is 0 Å². The molecular formula is C12H18N4S. The Balaban J connectivity index is 1.98. The van der Waals surface area contributed by atoms with Crippen LogP contribution in [0.1, 0.15) is 31.4 Å². The fraction of sp³-hybridized carbons (Fsp3) is 0.583. The highest BCUT2D eigenvalue weighted by molar-refractivity contribution is 7.80. The normalized spacial score (nSPS) is 16.1. The maximum Gasteiger partial charge on any atom is 0.146 e. The molecule has 0 unspecified atom stereocenters. The van der Waals surface area contributed by atoms with E-state index in [4.69, 9.17) is 18.0 Å². The number of anilines is 1. The molecule has 1 aromatic heterocycles. The molecule has 2 N–H and O–H groups in total. The summed E-state index contributed by atoms with van der Waals surface area (Å²) in [5.74, 6) is 1.69. The van der Waals surface area contributed by atoms with Crippen molar-refractivity contribution in [2.75, 3.05) is 18.5 Å². The van der Waals surface area contributed by atoms with E-state index in [0.717, 1.165) is 18.3 Å². The molecule has 5 heteroatoms. The zero-order valence-corrected chi connectivity index (χ0v) is 10.9. The van der Waals surface area contributed by atoms with Crippen molar-refractivity contribution in [1.29, 1.82) is 0 Å². The first kappa shape index (κ1) is 12.2. The number of nitrogens with two attached hydrogens (primary N) is 1. The van der Waals surface area contributed by atoms with Crippen molar-refractivity contribution >= 4 is 23.0 Å². The summed E-state index contributed by atoms with van der Waals surface area (Å²) < 4.78 is 0. The molecule has 0 amide bonds. The van der Waals surface area contributed by atoms with Crippen LogP contribution in [0.4, 0.5) is 5.82 Å². The number of rotatable bonds is 4. The Hall–Kier alpha value is -1.23. The minimum Gasteiger partial charge on any atom is -0.388 e. The molecule has 0 bridgehead atoms. The Labute approximate surface area is 107 Å². The summed E-state index contributed by atoms with van der Waals surface area (Å²) >= 11 is 4.85. The molecule has 1 aliphatic carbocycles. The molecule has 2 rings (SSSR count). The highest BCUT2D eigenvalue weighted by atomic mass is 32.1. The van der Waals surface area contributed by atoms with E-state index in [0.29, 0.717) is 10.7 Å². The minimum absolute atomic E-state index is 0.294. The number of thiocarbonyl (C=S) groups is 1. The minimum atomic E-state index is 0.294. The highest BCUT2D eigenvalue weighted by Crippen LogP contribution is 2.26. The van der Waals surface area contributed by atoms with Crippen molar-refractivity contribution in [1.82, 2.24) is 9.97 Å². The Morgan fingerprint density at radius 2 is 2.12 bits per heavy atom. The molecule has 1 heterocycles. The molecule has 0 atom stereocenters. The molecule has 1 aromatic rings. The largest absolute Gasteiger partial charge is 0.388 e. The van der Waals surface area contributed by atoms with Gasteiger partial charge in [0.2, 0.25) is 0 Å². The Kier molecular flexibility index (Phi) is 3.89. The third-order valence-corrected chi connectivity index (χ3v) is 3.50. The van der Waals surface area contributed by atoms with E-state index in [-0.39, 0.29) is 0 Å². The fourth-order valence-electron chi connectivity index (χ4n) is 2.32. The third-order valence-electron chi connectivity index (χ3n) is 3.29. The van der Waals surface area contributed by atoms with Crippen LogP contribution in [0.15, 0.2) is 12.4 Å². The van der Waals surface area contributed by atoms with Gasteiger partial charge in [0.1, 0.15) is 16.5 Å². The summed E-state index contributed by atoms with van der Waals surface area (Å²) in [6, 6.07) is 0. The second kappa shape index (κ2) is 5.40. The summed E-state index contributed by atoms with van der Waals surface area (Å²) in [5, 5.41) is 0. The topological polar surface area (TPSA) is 55.0 Å². The molecule has 0 aliphatic heterocycles. The lowest BCUT2D eigenvalue weighted by Gasteiger charge is -2.21. The zero-order valence-electron chi connectivity index (χ0n) is 10.1. The van der Waals surface area contributed by atoms with Gasteiger partial charge in [-0.3, -0.25) is 0 Å². The first-order valence-corrected chi connectivity index (χ1v) is 6.40. The monoisotopic (exact) mass is 250 g/mol. The van der Waals surface area contributed by atoms with Crippen LogP contribution in [0.5, 0.6) is 0 Å². The lowest BCUT2D eigenvalue weighted by molar-refractivity contribution is 0.544. The van der Waals surface area contributed by atoms with Crippen molar-refractivity contribution in [3.05, 3.63) is 18.1 Å². The molecule has 1 fully saturated rings. The van der Waals surface area contributed by atoms with Gasteiger partial charge < -0.3 is 10.6 Å². The van der Waals surface area contributed by atoms with Gasteiger partial charge in [0.05, 0.1) is 12.4 Å². The SMILES string of the molecule is CN(CC1CCCC1)c1cnc(C(N)=S)cn1. The van der Waals surface area contributed by atoms with Gasteiger partial charge in [0, 0.05) is 13.6 Å². The predicted octanol–water partition coefficient (Wildman–Crippen LogP) is 1.74. The van der Waals surface area contributed by atoms with Crippen LogP contribution in [0.25, 0.3) is 0 Å². The predicted molar refractivity (Wildman–Crippen MR) is 73.1 cm³/mol. The number of aromatic nitrogens is 2. The first-order chi connectivity index (χ1) is 8.16. The quantitative estimate of drug-likeness (QED) is 0.825. The summed E-state index contributed by atoms with van der Waals surface area (Å²) in [6.07, 6.45) is 8.78. The molecular weight excluding hydrogens is 232 g/mol. The molecule has 1 saturated carbocycles. The van der Waals surface area contributed by atoms with E-state index >= 15 is 0 Å². The maximum absolute atomic E-state index is 5.49. The van der Waals surface area contributed by atoms with Crippen molar-refractivity contribution in [2.24, 2.45) is 11.7 Å². The highest BCUT2D eigenvalue weighted by Gasteiger charge is 2.17. The average molecular weight is 250 g/mol. The Morgan fingerprint density at radius 1 is 1.41 bits per heavy atom. The van der Waals surface area contributed by atoms with Gasteiger partial charge in [0.15, 0.2) is 0 Å². The Morgan fingerprint density at radius 3 is 2.65 bits per heavy atom. The summed E-state index contributed by atoms with van der Waals surface area (Å²) in [5.41, 5.74) is 6.07. The van der Waals surface area contributed by atoms with Gasteiger partial charge >= 0.3 is 0 Å². The van der Waals surface area contributed by atoms with Crippen LogP contribution in [0.3, 0.4) is 0 Å². The van der Waals surface area contributed by atoms with E-state index in [1.54, 1.807) is 12.4 Å². The summed E-state index contributed by atoms with van der Waals surface area (Å²) in [4.78, 5) is 11.0. The second-order valence-corrected chi connectivity index (χ2v) is 5.09.